The molecule has 2 atom stereocenters. The molecule has 0 aliphatic carbocycles. The fourth-order valence-corrected chi connectivity index (χ4v) is 7.03. The SMILES string of the molecule is CCCCCCCC/C=C\CCCCCCCC(=O)O[C@H](COCCCCCCCCCCCCCCCCCC)COP(=O)([O-])OCC[N+](C)(C)C. The molecule has 0 aromatic heterocycles. The van der Waals surface area contributed by atoms with Crippen molar-refractivity contribution in [1.29, 1.82) is 0 Å². The van der Waals surface area contributed by atoms with Crippen LogP contribution in [0.15, 0.2) is 12.2 Å². The Morgan fingerprint density at radius 3 is 1.43 bits per heavy atom. The first-order valence-corrected chi connectivity index (χ1v) is 23.9. The minimum absolute atomic E-state index is 0.0277. The van der Waals surface area contributed by atoms with Crippen molar-refractivity contribution >= 4 is 13.8 Å². The average Bonchev–Trinajstić information content (AvgIpc) is 3.11. The first kappa shape index (κ1) is 52.2. The highest BCUT2D eigenvalue weighted by Gasteiger charge is 2.20. The van der Waals surface area contributed by atoms with Crippen molar-refractivity contribution in [2.45, 2.75) is 213 Å². The monoisotopic (exact) mass is 774 g/mol. The molecule has 0 aromatic carbocycles. The number of unbranched alkanes of at least 4 members (excludes halogenated alkanes) is 26. The lowest BCUT2D eigenvalue weighted by molar-refractivity contribution is -0.870. The molecule has 0 aliphatic rings. The standard InChI is InChI=1S/C44H88NO7P/c1-6-8-10-12-14-16-18-20-22-24-26-28-30-32-34-36-39-49-41-43(42-51-53(47,48)50-40-38-45(3,4)5)52-44(46)37-35-33-31-29-27-25-23-21-19-17-15-13-11-9-7-2/h21,23,43H,6-20,22,24-42H2,1-5H3/b23-21-/t43-/m1/s1. The van der Waals surface area contributed by atoms with Crippen molar-refractivity contribution in [1.82, 2.24) is 0 Å². The molecular formula is C44H88NO7P. The number of likely N-dealkylation sites (N-methyl/N-ethyl adjacent to an activating group) is 1. The van der Waals surface area contributed by atoms with Gasteiger partial charge in [-0.1, -0.05) is 174 Å². The molecule has 0 saturated carbocycles. The van der Waals surface area contributed by atoms with E-state index in [2.05, 4.69) is 26.0 Å². The van der Waals surface area contributed by atoms with Gasteiger partial charge >= 0.3 is 5.97 Å². The number of hydrogen-bond acceptors (Lipinski definition) is 7. The van der Waals surface area contributed by atoms with Crippen LogP contribution in [0.3, 0.4) is 0 Å². The highest BCUT2D eigenvalue weighted by atomic mass is 31.2. The molecule has 0 saturated heterocycles. The van der Waals surface area contributed by atoms with E-state index in [1.165, 1.54) is 141 Å². The lowest BCUT2D eigenvalue weighted by Crippen LogP contribution is -2.37. The number of ether oxygens (including phenoxy) is 2. The number of phosphoric ester groups is 1. The number of esters is 1. The van der Waals surface area contributed by atoms with Crippen LogP contribution in [0.2, 0.25) is 0 Å². The lowest BCUT2D eigenvalue weighted by atomic mass is 10.0. The van der Waals surface area contributed by atoms with Crippen molar-refractivity contribution in [3.63, 3.8) is 0 Å². The molecule has 0 N–H and O–H groups in total. The molecule has 0 spiro atoms. The number of carbonyl (C=O) groups is 1. The molecule has 0 aromatic rings. The molecule has 0 radical (unpaired) electrons. The van der Waals surface area contributed by atoms with Crippen LogP contribution in [0.25, 0.3) is 0 Å². The third kappa shape index (κ3) is 42.2. The Morgan fingerprint density at radius 2 is 0.981 bits per heavy atom. The maximum Gasteiger partial charge on any atom is 0.306 e. The molecular weight excluding hydrogens is 685 g/mol. The molecule has 316 valence electrons. The van der Waals surface area contributed by atoms with Crippen LogP contribution in [0.1, 0.15) is 206 Å². The first-order chi connectivity index (χ1) is 25.6. The van der Waals surface area contributed by atoms with Gasteiger partial charge in [0.05, 0.1) is 34.4 Å². The third-order valence-electron chi connectivity index (χ3n) is 9.82. The summed E-state index contributed by atoms with van der Waals surface area (Å²) in [5.41, 5.74) is 0. The molecule has 1 unspecified atom stereocenters. The van der Waals surface area contributed by atoms with Gasteiger partial charge in [0.25, 0.3) is 7.82 Å². The number of nitrogens with zero attached hydrogens (tertiary/aromatic N) is 1. The fraction of sp³-hybridized carbons (Fsp3) is 0.932. The number of phosphoric acid groups is 1. The van der Waals surface area contributed by atoms with Gasteiger partial charge < -0.3 is 27.9 Å². The number of carbonyl (C=O) groups excluding carboxylic acids is 1. The molecule has 0 aliphatic heterocycles. The van der Waals surface area contributed by atoms with Crippen LogP contribution in [-0.4, -0.2) is 70.7 Å². The summed E-state index contributed by atoms with van der Waals surface area (Å²) in [5, 5.41) is 0. The van der Waals surface area contributed by atoms with Gasteiger partial charge in [-0.05, 0) is 38.5 Å². The second kappa shape index (κ2) is 38.1. The van der Waals surface area contributed by atoms with Gasteiger partial charge in [0.15, 0.2) is 0 Å². The third-order valence-corrected chi connectivity index (χ3v) is 10.8. The van der Waals surface area contributed by atoms with E-state index >= 15 is 0 Å². The normalized spacial score (nSPS) is 13.8. The molecule has 0 amide bonds. The number of hydrogen-bond donors (Lipinski definition) is 0. The highest BCUT2D eigenvalue weighted by Crippen LogP contribution is 2.38. The zero-order valence-corrected chi connectivity index (χ0v) is 36.6. The maximum absolute atomic E-state index is 12.7. The number of rotatable bonds is 42. The minimum Gasteiger partial charge on any atom is -0.756 e. The molecule has 0 bridgehead atoms. The Kier molecular flexibility index (Phi) is 37.6. The second-order valence-electron chi connectivity index (χ2n) is 16.4. The topological polar surface area (TPSA) is 94.1 Å². The Morgan fingerprint density at radius 1 is 0.566 bits per heavy atom. The highest BCUT2D eigenvalue weighted by molar-refractivity contribution is 7.45. The first-order valence-electron chi connectivity index (χ1n) is 22.4. The van der Waals surface area contributed by atoms with Crippen molar-refractivity contribution in [3.05, 3.63) is 12.2 Å². The number of allylic oxidation sites excluding steroid dienone is 2. The van der Waals surface area contributed by atoms with Crippen LogP contribution >= 0.6 is 7.82 Å². The number of quaternary nitrogens is 1. The second-order valence-corrected chi connectivity index (χ2v) is 17.8. The summed E-state index contributed by atoms with van der Waals surface area (Å²) >= 11 is 0. The van der Waals surface area contributed by atoms with E-state index in [0.29, 0.717) is 24.1 Å². The molecule has 53 heavy (non-hydrogen) atoms. The van der Waals surface area contributed by atoms with Gasteiger partial charge in [0.2, 0.25) is 0 Å². The minimum atomic E-state index is -4.52. The Balaban J connectivity index is 4.21. The van der Waals surface area contributed by atoms with Crippen LogP contribution in [0, 0.1) is 0 Å². The van der Waals surface area contributed by atoms with Gasteiger partial charge in [-0.3, -0.25) is 9.36 Å². The largest absolute Gasteiger partial charge is 0.756 e. The Bertz CT molecular complexity index is 863. The van der Waals surface area contributed by atoms with E-state index in [1.54, 1.807) is 0 Å². The maximum atomic E-state index is 12.7. The summed E-state index contributed by atoms with van der Waals surface area (Å²) in [6, 6.07) is 0. The van der Waals surface area contributed by atoms with E-state index in [1.807, 2.05) is 21.1 Å². The predicted molar refractivity (Wildman–Crippen MR) is 222 cm³/mol. The molecule has 0 fully saturated rings. The van der Waals surface area contributed by atoms with E-state index < -0.39 is 13.9 Å². The predicted octanol–water partition coefficient (Wildman–Crippen LogP) is 12.4. The van der Waals surface area contributed by atoms with Crippen molar-refractivity contribution in [3.8, 4) is 0 Å². The van der Waals surface area contributed by atoms with Crippen molar-refractivity contribution < 1.29 is 37.3 Å². The summed E-state index contributed by atoms with van der Waals surface area (Å²) in [6.07, 6.45) is 40.7. The Hall–Kier alpha value is -0.760. The summed E-state index contributed by atoms with van der Waals surface area (Å²) < 4.78 is 34.6. The zero-order valence-electron chi connectivity index (χ0n) is 35.7. The fourth-order valence-electron chi connectivity index (χ4n) is 6.31. The summed E-state index contributed by atoms with van der Waals surface area (Å²) in [4.78, 5) is 25.0. The summed E-state index contributed by atoms with van der Waals surface area (Å²) in [5.74, 6) is -0.339. The van der Waals surface area contributed by atoms with Crippen LogP contribution in [0.5, 0.6) is 0 Å². The Labute approximate surface area is 329 Å². The van der Waals surface area contributed by atoms with Gasteiger partial charge in [-0.2, -0.15) is 0 Å². The lowest BCUT2D eigenvalue weighted by Gasteiger charge is -2.28. The van der Waals surface area contributed by atoms with Gasteiger partial charge in [-0.25, -0.2) is 0 Å². The van der Waals surface area contributed by atoms with Crippen molar-refractivity contribution in [2.75, 3.05) is 54.1 Å². The van der Waals surface area contributed by atoms with Gasteiger partial charge in [0.1, 0.15) is 19.3 Å². The van der Waals surface area contributed by atoms with E-state index in [9.17, 15) is 14.3 Å². The summed E-state index contributed by atoms with van der Waals surface area (Å²) in [7, 11) is 1.36. The van der Waals surface area contributed by atoms with E-state index in [-0.39, 0.29) is 25.8 Å². The van der Waals surface area contributed by atoms with Crippen LogP contribution in [-0.2, 0) is 27.9 Å². The van der Waals surface area contributed by atoms with Crippen LogP contribution in [0.4, 0.5) is 0 Å². The van der Waals surface area contributed by atoms with Crippen LogP contribution < -0.4 is 4.89 Å². The average molecular weight is 774 g/mol. The summed E-state index contributed by atoms with van der Waals surface area (Å²) in [6.45, 7) is 5.43. The quantitative estimate of drug-likeness (QED) is 0.0200. The van der Waals surface area contributed by atoms with E-state index in [0.717, 1.165) is 44.9 Å². The molecule has 0 heterocycles. The van der Waals surface area contributed by atoms with E-state index in [4.69, 9.17) is 18.5 Å². The van der Waals surface area contributed by atoms with Crippen molar-refractivity contribution in [2.24, 2.45) is 0 Å². The van der Waals surface area contributed by atoms with Gasteiger partial charge in [-0.15, -0.1) is 0 Å². The zero-order chi connectivity index (χ0) is 39.1. The molecule has 0 rings (SSSR count). The smallest absolute Gasteiger partial charge is 0.306 e. The van der Waals surface area contributed by atoms with Gasteiger partial charge in [0, 0.05) is 13.0 Å². The molecule has 8 nitrogen and oxygen atoms in total. The molecule has 9 heteroatoms.